The zero-order valence-electron chi connectivity index (χ0n) is 12.5. The third-order valence-corrected chi connectivity index (χ3v) is 4.27. The number of nitrogens with zero attached hydrogens (tertiary/aromatic N) is 2. The second-order valence-corrected chi connectivity index (χ2v) is 6.31. The van der Waals surface area contributed by atoms with Crippen molar-refractivity contribution in [1.82, 2.24) is 9.88 Å². The number of benzene rings is 1. The van der Waals surface area contributed by atoms with E-state index in [4.69, 9.17) is 0 Å². The molecule has 6 heteroatoms. The largest absolute Gasteiger partial charge is 0.337 e. The summed E-state index contributed by atoms with van der Waals surface area (Å²) in [6.07, 6.45) is 3.55. The average Bonchev–Trinajstić information content (AvgIpc) is 3.11. The Hall–Kier alpha value is -2.21. The van der Waals surface area contributed by atoms with Gasteiger partial charge in [-0.2, -0.15) is 0 Å². The number of aromatic nitrogens is 1. The van der Waals surface area contributed by atoms with Crippen molar-refractivity contribution in [3.63, 3.8) is 0 Å². The Bertz CT molecular complexity index is 725. The van der Waals surface area contributed by atoms with E-state index in [0.29, 0.717) is 16.9 Å². The van der Waals surface area contributed by atoms with Crippen LogP contribution in [0, 0.1) is 0 Å². The van der Waals surface area contributed by atoms with Gasteiger partial charge in [0.15, 0.2) is 0 Å². The Morgan fingerprint density at radius 3 is 2.48 bits per heavy atom. The first-order valence-electron chi connectivity index (χ1n) is 7.46. The Balaban J connectivity index is 1.74. The van der Waals surface area contributed by atoms with Crippen LogP contribution in [0.15, 0.2) is 47.1 Å². The van der Waals surface area contributed by atoms with Gasteiger partial charge < -0.3 is 10.2 Å². The highest BCUT2D eigenvalue weighted by Gasteiger charge is 2.21. The number of halogens is 1. The van der Waals surface area contributed by atoms with Gasteiger partial charge in [0.2, 0.25) is 0 Å². The van der Waals surface area contributed by atoms with Crippen molar-refractivity contribution in [2.24, 2.45) is 0 Å². The molecule has 1 fully saturated rings. The predicted octanol–water partition coefficient (Wildman–Crippen LogP) is 3.33. The third kappa shape index (κ3) is 3.76. The molecule has 0 bridgehead atoms. The summed E-state index contributed by atoms with van der Waals surface area (Å²) in [6.45, 7) is 1.52. The summed E-state index contributed by atoms with van der Waals surface area (Å²) >= 11 is 3.35. The first kappa shape index (κ1) is 15.7. The Labute approximate surface area is 142 Å². The molecule has 1 aromatic carbocycles. The van der Waals surface area contributed by atoms with Crippen molar-refractivity contribution in [1.29, 1.82) is 0 Å². The number of nitrogens with one attached hydrogen (secondary N) is 1. The number of anilines is 1. The molecule has 3 rings (SSSR count). The molecule has 0 atom stereocenters. The molecule has 5 nitrogen and oxygen atoms in total. The number of hydrogen-bond donors (Lipinski definition) is 1. The summed E-state index contributed by atoms with van der Waals surface area (Å²) in [4.78, 5) is 30.5. The number of carbonyl (C=O) groups is 2. The molecule has 0 aliphatic carbocycles. The van der Waals surface area contributed by atoms with E-state index in [2.05, 4.69) is 26.2 Å². The van der Waals surface area contributed by atoms with E-state index in [1.54, 1.807) is 29.2 Å². The van der Waals surface area contributed by atoms with Crippen molar-refractivity contribution in [3.05, 3.63) is 58.3 Å². The van der Waals surface area contributed by atoms with Crippen molar-refractivity contribution >= 4 is 33.4 Å². The molecule has 0 unspecified atom stereocenters. The molecule has 1 N–H and O–H groups in total. The molecule has 1 aliphatic heterocycles. The number of likely N-dealkylation sites (tertiary alicyclic amines) is 1. The highest BCUT2D eigenvalue weighted by atomic mass is 79.9. The third-order valence-electron chi connectivity index (χ3n) is 3.74. The van der Waals surface area contributed by atoms with Crippen molar-refractivity contribution in [3.8, 4) is 0 Å². The highest BCUT2D eigenvalue weighted by molar-refractivity contribution is 9.10. The second kappa shape index (κ2) is 6.91. The monoisotopic (exact) mass is 373 g/mol. The van der Waals surface area contributed by atoms with Gasteiger partial charge in [-0.05, 0) is 49.2 Å². The SMILES string of the molecule is O=C(Nc1ccc(Br)cc1)c1ccnc(C(=O)N2CCCC2)c1. The molecule has 1 saturated heterocycles. The van der Waals surface area contributed by atoms with Gasteiger partial charge in [0.05, 0.1) is 0 Å². The lowest BCUT2D eigenvalue weighted by atomic mass is 10.2. The molecule has 0 radical (unpaired) electrons. The molecular formula is C17H16BrN3O2. The molecule has 2 amide bonds. The number of pyridine rings is 1. The van der Waals surface area contributed by atoms with E-state index in [1.165, 1.54) is 6.20 Å². The van der Waals surface area contributed by atoms with E-state index in [1.807, 2.05) is 12.1 Å². The van der Waals surface area contributed by atoms with Crippen LogP contribution in [-0.4, -0.2) is 34.8 Å². The summed E-state index contributed by atoms with van der Waals surface area (Å²) in [7, 11) is 0. The molecule has 0 spiro atoms. The van der Waals surface area contributed by atoms with E-state index >= 15 is 0 Å². The van der Waals surface area contributed by atoms with Crippen LogP contribution in [0.2, 0.25) is 0 Å². The van der Waals surface area contributed by atoms with E-state index in [9.17, 15) is 9.59 Å². The molecule has 23 heavy (non-hydrogen) atoms. The first-order valence-corrected chi connectivity index (χ1v) is 8.25. The minimum Gasteiger partial charge on any atom is -0.337 e. The van der Waals surface area contributed by atoms with Crippen molar-refractivity contribution in [2.45, 2.75) is 12.8 Å². The fourth-order valence-corrected chi connectivity index (χ4v) is 2.77. The molecule has 1 aliphatic rings. The minimum absolute atomic E-state index is 0.110. The lowest BCUT2D eigenvalue weighted by molar-refractivity contribution is 0.0787. The second-order valence-electron chi connectivity index (χ2n) is 5.39. The van der Waals surface area contributed by atoms with Gasteiger partial charge in [-0.1, -0.05) is 15.9 Å². The van der Waals surface area contributed by atoms with Gasteiger partial charge in [-0.15, -0.1) is 0 Å². The Morgan fingerprint density at radius 2 is 1.78 bits per heavy atom. The summed E-state index contributed by atoms with van der Waals surface area (Å²) < 4.78 is 0.943. The smallest absolute Gasteiger partial charge is 0.272 e. The summed E-state index contributed by atoms with van der Waals surface area (Å²) in [5.74, 6) is -0.369. The molecule has 118 valence electrons. The van der Waals surface area contributed by atoms with E-state index in [-0.39, 0.29) is 11.8 Å². The standard InChI is InChI=1S/C17H16BrN3O2/c18-13-3-5-14(6-4-13)20-16(22)12-7-8-19-15(11-12)17(23)21-9-1-2-10-21/h3-8,11H,1-2,9-10H2,(H,20,22). The van der Waals surface area contributed by atoms with E-state index < -0.39 is 0 Å². The lowest BCUT2D eigenvalue weighted by Crippen LogP contribution is -2.28. The van der Waals surface area contributed by atoms with Gasteiger partial charge in [-0.3, -0.25) is 14.6 Å². The topological polar surface area (TPSA) is 62.3 Å². The zero-order chi connectivity index (χ0) is 16.2. The molecule has 2 heterocycles. The molecular weight excluding hydrogens is 358 g/mol. The van der Waals surface area contributed by atoms with E-state index in [0.717, 1.165) is 30.4 Å². The van der Waals surface area contributed by atoms with Crippen LogP contribution in [0.3, 0.4) is 0 Å². The van der Waals surface area contributed by atoms with Crippen LogP contribution in [0.25, 0.3) is 0 Å². The molecule has 0 saturated carbocycles. The quantitative estimate of drug-likeness (QED) is 0.897. The molecule has 1 aromatic heterocycles. The van der Waals surface area contributed by atoms with Crippen LogP contribution in [0.5, 0.6) is 0 Å². The number of rotatable bonds is 3. The van der Waals surface area contributed by atoms with Gasteiger partial charge in [0.25, 0.3) is 11.8 Å². The summed E-state index contributed by atoms with van der Waals surface area (Å²) in [5, 5.41) is 2.81. The summed E-state index contributed by atoms with van der Waals surface area (Å²) in [6, 6.07) is 10.5. The lowest BCUT2D eigenvalue weighted by Gasteiger charge is -2.14. The maximum atomic E-state index is 12.3. The zero-order valence-corrected chi connectivity index (χ0v) is 14.0. The van der Waals surface area contributed by atoms with Crippen LogP contribution in [0.1, 0.15) is 33.7 Å². The Morgan fingerprint density at radius 1 is 1.09 bits per heavy atom. The van der Waals surface area contributed by atoms with Crippen molar-refractivity contribution in [2.75, 3.05) is 18.4 Å². The van der Waals surface area contributed by atoms with Crippen LogP contribution in [0.4, 0.5) is 5.69 Å². The maximum Gasteiger partial charge on any atom is 0.272 e. The number of amides is 2. The van der Waals surface area contributed by atoms with Gasteiger partial charge >= 0.3 is 0 Å². The normalized spacial score (nSPS) is 13.9. The average molecular weight is 374 g/mol. The maximum absolute atomic E-state index is 12.3. The first-order chi connectivity index (χ1) is 11.1. The minimum atomic E-state index is -0.259. The fourth-order valence-electron chi connectivity index (χ4n) is 2.51. The fraction of sp³-hybridized carbons (Fsp3) is 0.235. The predicted molar refractivity (Wildman–Crippen MR) is 91.5 cm³/mol. The van der Waals surface area contributed by atoms with Crippen LogP contribution in [-0.2, 0) is 0 Å². The summed E-state index contributed by atoms with van der Waals surface area (Å²) in [5.41, 5.74) is 1.43. The van der Waals surface area contributed by atoms with Crippen molar-refractivity contribution < 1.29 is 9.59 Å². The van der Waals surface area contributed by atoms with Gasteiger partial charge in [0, 0.05) is 35.0 Å². The molecule has 2 aromatic rings. The van der Waals surface area contributed by atoms with Crippen LogP contribution >= 0.6 is 15.9 Å². The van der Waals surface area contributed by atoms with Crippen LogP contribution < -0.4 is 5.32 Å². The van der Waals surface area contributed by atoms with Gasteiger partial charge in [0.1, 0.15) is 5.69 Å². The highest BCUT2D eigenvalue weighted by Crippen LogP contribution is 2.16. The number of carbonyl (C=O) groups excluding carboxylic acids is 2. The number of hydrogen-bond acceptors (Lipinski definition) is 3. The Kier molecular flexibility index (Phi) is 4.71. The van der Waals surface area contributed by atoms with Gasteiger partial charge in [-0.25, -0.2) is 0 Å².